The van der Waals surface area contributed by atoms with Crippen molar-refractivity contribution in [2.45, 2.75) is 18.9 Å². The summed E-state index contributed by atoms with van der Waals surface area (Å²) in [6, 6.07) is 8.77. The van der Waals surface area contributed by atoms with Crippen LogP contribution in [0, 0.1) is 0 Å². The molecule has 0 saturated carbocycles. The van der Waals surface area contributed by atoms with Gasteiger partial charge in [-0.3, -0.25) is 14.6 Å². The van der Waals surface area contributed by atoms with E-state index in [1.807, 2.05) is 36.5 Å². The van der Waals surface area contributed by atoms with Gasteiger partial charge in [0.05, 0.1) is 13.7 Å². The van der Waals surface area contributed by atoms with Crippen LogP contribution in [0.15, 0.2) is 48.9 Å². The van der Waals surface area contributed by atoms with E-state index in [2.05, 4.69) is 20.6 Å². The highest BCUT2D eigenvalue weighted by atomic mass is 16.5. The summed E-state index contributed by atoms with van der Waals surface area (Å²) in [6.45, 7) is 0.280. The first-order valence-corrected chi connectivity index (χ1v) is 9.40. The third-order valence-corrected chi connectivity index (χ3v) is 4.69. The molecule has 2 heterocycles. The molecule has 8 heteroatoms. The average Bonchev–Trinajstić information content (AvgIpc) is 3.15. The maximum absolute atomic E-state index is 12.7. The molecule has 29 heavy (non-hydrogen) atoms. The summed E-state index contributed by atoms with van der Waals surface area (Å²) in [4.78, 5) is 31.6. The van der Waals surface area contributed by atoms with Gasteiger partial charge in [0.15, 0.2) is 0 Å². The predicted octanol–water partition coefficient (Wildman–Crippen LogP) is 0.916. The van der Waals surface area contributed by atoms with Gasteiger partial charge in [0.25, 0.3) is 0 Å². The van der Waals surface area contributed by atoms with Gasteiger partial charge in [-0.1, -0.05) is 0 Å². The van der Waals surface area contributed by atoms with Gasteiger partial charge < -0.3 is 26.1 Å². The minimum Gasteiger partial charge on any atom is -0.497 e. The Morgan fingerprint density at radius 1 is 1.24 bits per heavy atom. The molecule has 0 aliphatic carbocycles. The van der Waals surface area contributed by atoms with E-state index in [1.54, 1.807) is 19.5 Å². The number of aromatic amines is 1. The zero-order chi connectivity index (χ0) is 20.6. The summed E-state index contributed by atoms with van der Waals surface area (Å²) < 4.78 is 5.24. The fraction of sp³-hybridized carbons (Fsp3) is 0.286. The Bertz CT molecular complexity index is 971. The van der Waals surface area contributed by atoms with Gasteiger partial charge in [-0.05, 0) is 41.8 Å². The number of hydrogen-bond acceptors (Lipinski definition) is 5. The van der Waals surface area contributed by atoms with Gasteiger partial charge >= 0.3 is 0 Å². The van der Waals surface area contributed by atoms with Crippen LogP contribution in [-0.4, -0.2) is 48.0 Å². The summed E-state index contributed by atoms with van der Waals surface area (Å²) in [5, 5.41) is 6.68. The van der Waals surface area contributed by atoms with Crippen molar-refractivity contribution in [1.29, 1.82) is 0 Å². The number of rotatable bonds is 9. The Balaban J connectivity index is 1.61. The van der Waals surface area contributed by atoms with E-state index in [1.165, 1.54) is 0 Å². The molecule has 2 amide bonds. The van der Waals surface area contributed by atoms with E-state index in [0.717, 1.165) is 27.8 Å². The molecule has 1 aromatic carbocycles. The number of carbonyl (C=O) groups excluding carboxylic acids is 2. The molecule has 0 unspecified atom stereocenters. The predicted molar refractivity (Wildman–Crippen MR) is 110 cm³/mol. The molecule has 0 aliphatic rings. The third-order valence-electron chi connectivity index (χ3n) is 4.69. The molecule has 3 rings (SSSR count). The lowest BCUT2D eigenvalue weighted by atomic mass is 10.1. The van der Waals surface area contributed by atoms with Crippen LogP contribution >= 0.6 is 0 Å². The van der Waals surface area contributed by atoms with E-state index in [4.69, 9.17) is 10.5 Å². The van der Waals surface area contributed by atoms with Crippen LogP contribution in [0.1, 0.15) is 11.1 Å². The third kappa shape index (κ3) is 5.32. The smallest absolute Gasteiger partial charge is 0.242 e. The van der Waals surface area contributed by atoms with E-state index in [0.29, 0.717) is 19.4 Å². The summed E-state index contributed by atoms with van der Waals surface area (Å²) >= 11 is 0. The highest BCUT2D eigenvalue weighted by molar-refractivity contribution is 5.88. The van der Waals surface area contributed by atoms with Crippen molar-refractivity contribution >= 4 is 22.7 Å². The standard InChI is InChI=1S/C21H25N5O3/c1-29-16-2-3-17-15(13-25-18(17)11-16)6-9-24-21(28)19(26-20(27)12-22)10-14-4-7-23-8-5-14/h2-5,7-8,11,13,19,25H,6,9-10,12,22H2,1H3,(H,24,28)(H,26,27)/t19-/m0/s1. The molecular weight excluding hydrogens is 370 g/mol. The number of ether oxygens (including phenoxy) is 1. The van der Waals surface area contributed by atoms with Gasteiger partial charge in [0.2, 0.25) is 11.8 Å². The second kappa shape index (κ2) is 9.70. The molecule has 0 spiro atoms. The largest absolute Gasteiger partial charge is 0.497 e. The topological polar surface area (TPSA) is 122 Å². The second-order valence-electron chi connectivity index (χ2n) is 6.65. The van der Waals surface area contributed by atoms with Crippen LogP contribution in [0.3, 0.4) is 0 Å². The summed E-state index contributed by atoms with van der Waals surface area (Å²) in [5.74, 6) is 0.170. The quantitative estimate of drug-likeness (QED) is 0.429. The fourth-order valence-corrected chi connectivity index (χ4v) is 3.16. The van der Waals surface area contributed by atoms with Crippen LogP contribution in [-0.2, 0) is 22.4 Å². The molecule has 0 saturated heterocycles. The minimum atomic E-state index is -0.694. The molecule has 1 atom stereocenters. The van der Waals surface area contributed by atoms with Crippen LogP contribution in [0.5, 0.6) is 5.75 Å². The van der Waals surface area contributed by atoms with Gasteiger partial charge in [-0.25, -0.2) is 0 Å². The number of pyridine rings is 1. The number of nitrogens with two attached hydrogens (primary N) is 1. The molecule has 0 bridgehead atoms. The Morgan fingerprint density at radius 3 is 2.76 bits per heavy atom. The lowest BCUT2D eigenvalue weighted by Crippen LogP contribution is -2.49. The highest BCUT2D eigenvalue weighted by Crippen LogP contribution is 2.23. The number of benzene rings is 1. The van der Waals surface area contributed by atoms with Crippen molar-refractivity contribution in [3.05, 3.63) is 60.0 Å². The SMILES string of the molecule is COc1ccc2c(CCNC(=O)[C@H](Cc3ccncc3)NC(=O)CN)c[nH]c2c1. The number of carbonyl (C=O) groups is 2. The normalized spacial score (nSPS) is 11.8. The first-order valence-electron chi connectivity index (χ1n) is 9.40. The van der Waals surface area contributed by atoms with Crippen molar-refractivity contribution in [3.8, 4) is 5.75 Å². The summed E-state index contributed by atoms with van der Waals surface area (Å²) in [5.41, 5.74) is 8.37. The van der Waals surface area contributed by atoms with Crippen molar-refractivity contribution < 1.29 is 14.3 Å². The number of amides is 2. The number of hydrogen-bond donors (Lipinski definition) is 4. The number of methoxy groups -OCH3 is 1. The highest BCUT2D eigenvalue weighted by Gasteiger charge is 2.20. The Hall–Kier alpha value is -3.39. The zero-order valence-electron chi connectivity index (χ0n) is 16.3. The zero-order valence-corrected chi connectivity index (χ0v) is 16.3. The molecule has 0 fully saturated rings. The maximum Gasteiger partial charge on any atom is 0.242 e. The van der Waals surface area contributed by atoms with Crippen molar-refractivity contribution in [2.75, 3.05) is 20.2 Å². The van der Waals surface area contributed by atoms with Gasteiger partial charge in [-0.2, -0.15) is 0 Å². The van der Waals surface area contributed by atoms with Crippen LogP contribution in [0.4, 0.5) is 0 Å². The molecule has 0 aliphatic heterocycles. The first-order chi connectivity index (χ1) is 14.1. The van der Waals surface area contributed by atoms with Gasteiger partial charge in [0.1, 0.15) is 11.8 Å². The van der Waals surface area contributed by atoms with E-state index in [9.17, 15) is 9.59 Å². The monoisotopic (exact) mass is 395 g/mol. The van der Waals surface area contributed by atoms with E-state index in [-0.39, 0.29) is 18.4 Å². The van der Waals surface area contributed by atoms with Crippen LogP contribution in [0.25, 0.3) is 10.9 Å². The van der Waals surface area contributed by atoms with E-state index >= 15 is 0 Å². The molecule has 0 radical (unpaired) electrons. The molecule has 2 aromatic heterocycles. The Morgan fingerprint density at radius 2 is 2.03 bits per heavy atom. The number of fused-ring (bicyclic) bond motifs is 1. The molecule has 8 nitrogen and oxygen atoms in total. The van der Waals surface area contributed by atoms with Gasteiger partial charge in [-0.15, -0.1) is 0 Å². The number of nitrogens with zero attached hydrogens (tertiary/aromatic N) is 1. The lowest BCUT2D eigenvalue weighted by molar-refractivity contribution is -0.128. The molecular formula is C21H25N5O3. The Labute approximate surface area is 168 Å². The first kappa shape index (κ1) is 20.3. The molecule has 3 aromatic rings. The minimum absolute atomic E-state index is 0.168. The number of aromatic nitrogens is 2. The van der Waals surface area contributed by atoms with Crippen LogP contribution in [0.2, 0.25) is 0 Å². The van der Waals surface area contributed by atoms with Crippen LogP contribution < -0.4 is 21.1 Å². The van der Waals surface area contributed by atoms with E-state index < -0.39 is 6.04 Å². The molecule has 5 N–H and O–H groups in total. The fourth-order valence-electron chi connectivity index (χ4n) is 3.16. The van der Waals surface area contributed by atoms with Crippen molar-refractivity contribution in [2.24, 2.45) is 5.73 Å². The second-order valence-corrected chi connectivity index (χ2v) is 6.65. The number of nitrogens with one attached hydrogen (secondary N) is 3. The molecule has 152 valence electrons. The van der Waals surface area contributed by atoms with Crippen molar-refractivity contribution in [3.63, 3.8) is 0 Å². The van der Waals surface area contributed by atoms with Gasteiger partial charge in [0, 0.05) is 48.5 Å². The number of H-pyrrole nitrogens is 1. The lowest BCUT2D eigenvalue weighted by Gasteiger charge is -2.18. The maximum atomic E-state index is 12.7. The Kier molecular flexibility index (Phi) is 6.80. The summed E-state index contributed by atoms with van der Waals surface area (Å²) in [7, 11) is 1.63. The average molecular weight is 395 g/mol. The summed E-state index contributed by atoms with van der Waals surface area (Å²) in [6.07, 6.45) is 6.26. The van der Waals surface area contributed by atoms with Crippen molar-refractivity contribution in [1.82, 2.24) is 20.6 Å².